The van der Waals surface area contributed by atoms with Crippen LogP contribution in [0.1, 0.15) is 32.8 Å². The third-order valence-corrected chi connectivity index (χ3v) is 4.92. The van der Waals surface area contributed by atoms with E-state index >= 15 is 0 Å². The quantitative estimate of drug-likeness (QED) is 0.248. The smallest absolute Gasteiger partial charge is 0.328 e. The van der Waals surface area contributed by atoms with Gasteiger partial charge in [0.15, 0.2) is 6.04 Å². The minimum absolute atomic E-state index is 0.236. The van der Waals surface area contributed by atoms with Crippen molar-refractivity contribution in [2.24, 2.45) is 11.7 Å². The topological polar surface area (TPSA) is 171 Å². The standard InChI is InChI=1S/C21H32N4O6/c1-4-12(2)17(25-19(28)15(22)10-14-8-6-5-7-9-14)20(29)23-11-16(27)24-18(13(3)26)21(30)31/h5-9,12-13,15,17-18,26H,4,10-11,22H2,1-3H3,(H,23,29)(H,24,27)(H,25,28)(H,30,31). The van der Waals surface area contributed by atoms with Crippen molar-refractivity contribution in [3.05, 3.63) is 35.9 Å². The number of benzene rings is 1. The highest BCUT2D eigenvalue weighted by Gasteiger charge is 2.29. The lowest BCUT2D eigenvalue weighted by Gasteiger charge is -2.25. The first-order valence-corrected chi connectivity index (χ1v) is 10.1. The fraction of sp³-hybridized carbons (Fsp3) is 0.524. The third kappa shape index (κ3) is 8.73. The average molecular weight is 437 g/mol. The molecule has 1 aromatic rings. The summed E-state index contributed by atoms with van der Waals surface area (Å²) in [5.74, 6) is -3.49. The van der Waals surface area contributed by atoms with E-state index in [0.717, 1.165) is 5.56 Å². The van der Waals surface area contributed by atoms with E-state index in [1.54, 1.807) is 6.92 Å². The Morgan fingerprint density at radius 2 is 1.61 bits per heavy atom. The molecule has 0 aliphatic rings. The summed E-state index contributed by atoms with van der Waals surface area (Å²) in [5.41, 5.74) is 6.87. The van der Waals surface area contributed by atoms with E-state index in [4.69, 9.17) is 10.8 Å². The highest BCUT2D eigenvalue weighted by molar-refractivity contribution is 5.92. The molecule has 0 saturated carbocycles. The Balaban J connectivity index is 2.69. The van der Waals surface area contributed by atoms with Gasteiger partial charge in [0, 0.05) is 0 Å². The summed E-state index contributed by atoms with van der Waals surface area (Å²) in [5, 5.41) is 25.6. The van der Waals surface area contributed by atoms with Crippen molar-refractivity contribution in [2.45, 2.75) is 57.8 Å². The molecule has 0 bridgehead atoms. The number of amides is 3. The first kappa shape index (κ1) is 26.1. The number of nitrogens with one attached hydrogen (secondary N) is 3. The molecule has 1 rings (SSSR count). The lowest BCUT2D eigenvalue weighted by Crippen LogP contribution is -2.56. The number of carbonyl (C=O) groups excluding carboxylic acids is 3. The Hall–Kier alpha value is -2.98. The number of hydrogen-bond acceptors (Lipinski definition) is 6. The summed E-state index contributed by atoms with van der Waals surface area (Å²) in [6.45, 7) is 4.36. The fourth-order valence-electron chi connectivity index (χ4n) is 2.81. The van der Waals surface area contributed by atoms with Crippen molar-refractivity contribution in [3.8, 4) is 0 Å². The normalized spacial score (nSPS) is 15.6. The molecule has 31 heavy (non-hydrogen) atoms. The van der Waals surface area contributed by atoms with Crippen LogP contribution in [0.4, 0.5) is 0 Å². The predicted octanol–water partition coefficient (Wildman–Crippen LogP) is -0.846. The molecular weight excluding hydrogens is 404 g/mol. The Bertz CT molecular complexity index is 755. The van der Waals surface area contributed by atoms with Gasteiger partial charge in [0.2, 0.25) is 17.7 Å². The van der Waals surface area contributed by atoms with Crippen LogP contribution in [-0.4, -0.2) is 64.7 Å². The van der Waals surface area contributed by atoms with Crippen LogP contribution in [0.15, 0.2) is 30.3 Å². The largest absolute Gasteiger partial charge is 0.480 e. The molecule has 0 fully saturated rings. The number of aliphatic hydroxyl groups is 1. The SMILES string of the molecule is CCC(C)C(NC(=O)C(N)Cc1ccccc1)C(=O)NCC(=O)NC(C(=O)O)C(C)O. The van der Waals surface area contributed by atoms with Gasteiger partial charge in [-0.25, -0.2) is 4.79 Å². The van der Waals surface area contributed by atoms with Crippen LogP contribution in [0.3, 0.4) is 0 Å². The van der Waals surface area contributed by atoms with E-state index in [1.165, 1.54) is 6.92 Å². The van der Waals surface area contributed by atoms with Gasteiger partial charge < -0.3 is 31.9 Å². The van der Waals surface area contributed by atoms with Crippen LogP contribution in [-0.2, 0) is 25.6 Å². The summed E-state index contributed by atoms with van der Waals surface area (Å²) < 4.78 is 0. The average Bonchev–Trinajstić information content (AvgIpc) is 2.73. The van der Waals surface area contributed by atoms with Gasteiger partial charge in [0.25, 0.3) is 0 Å². The van der Waals surface area contributed by atoms with E-state index in [9.17, 15) is 24.3 Å². The number of carbonyl (C=O) groups is 4. The second-order valence-corrected chi connectivity index (χ2v) is 7.51. The van der Waals surface area contributed by atoms with Gasteiger partial charge >= 0.3 is 5.97 Å². The van der Waals surface area contributed by atoms with E-state index in [2.05, 4.69) is 16.0 Å². The summed E-state index contributed by atoms with van der Waals surface area (Å²) in [6, 6.07) is 5.97. The second kappa shape index (κ2) is 12.7. The van der Waals surface area contributed by atoms with E-state index in [0.29, 0.717) is 12.8 Å². The van der Waals surface area contributed by atoms with Gasteiger partial charge in [0.05, 0.1) is 18.7 Å². The van der Waals surface area contributed by atoms with Crippen molar-refractivity contribution in [1.29, 1.82) is 0 Å². The van der Waals surface area contributed by atoms with Gasteiger partial charge in [-0.3, -0.25) is 14.4 Å². The summed E-state index contributed by atoms with van der Waals surface area (Å²) in [4.78, 5) is 48.1. The monoisotopic (exact) mass is 436 g/mol. The highest BCUT2D eigenvalue weighted by Crippen LogP contribution is 2.09. The highest BCUT2D eigenvalue weighted by atomic mass is 16.4. The molecule has 0 spiro atoms. The number of hydrogen-bond donors (Lipinski definition) is 6. The predicted molar refractivity (Wildman–Crippen MR) is 114 cm³/mol. The molecule has 7 N–H and O–H groups in total. The van der Waals surface area contributed by atoms with Crippen LogP contribution in [0.5, 0.6) is 0 Å². The lowest BCUT2D eigenvalue weighted by atomic mass is 9.97. The summed E-state index contributed by atoms with van der Waals surface area (Å²) in [7, 11) is 0. The molecule has 0 radical (unpaired) electrons. The summed E-state index contributed by atoms with van der Waals surface area (Å²) >= 11 is 0. The van der Waals surface area contributed by atoms with E-state index in [-0.39, 0.29) is 5.92 Å². The molecule has 0 saturated heterocycles. The van der Waals surface area contributed by atoms with Gasteiger partial charge in [-0.15, -0.1) is 0 Å². The molecule has 0 aliphatic carbocycles. The van der Waals surface area contributed by atoms with Crippen molar-refractivity contribution in [3.63, 3.8) is 0 Å². The van der Waals surface area contributed by atoms with Crippen molar-refractivity contribution in [1.82, 2.24) is 16.0 Å². The Labute approximate surface area is 181 Å². The minimum Gasteiger partial charge on any atom is -0.480 e. The van der Waals surface area contributed by atoms with Crippen LogP contribution in [0.2, 0.25) is 0 Å². The molecule has 5 atom stereocenters. The lowest BCUT2D eigenvalue weighted by molar-refractivity contribution is -0.144. The Morgan fingerprint density at radius 3 is 2.13 bits per heavy atom. The van der Waals surface area contributed by atoms with Crippen molar-refractivity contribution >= 4 is 23.7 Å². The fourth-order valence-corrected chi connectivity index (χ4v) is 2.81. The van der Waals surface area contributed by atoms with Crippen molar-refractivity contribution < 1.29 is 29.4 Å². The van der Waals surface area contributed by atoms with Crippen LogP contribution in [0, 0.1) is 5.92 Å². The van der Waals surface area contributed by atoms with Crippen LogP contribution >= 0.6 is 0 Å². The molecule has 0 aliphatic heterocycles. The Kier molecular flexibility index (Phi) is 10.6. The molecule has 3 amide bonds. The molecule has 1 aromatic carbocycles. The molecule has 10 heteroatoms. The van der Waals surface area contributed by atoms with Crippen LogP contribution < -0.4 is 21.7 Å². The number of carboxylic acid groups (broad SMARTS) is 1. The maximum Gasteiger partial charge on any atom is 0.328 e. The van der Waals surface area contributed by atoms with Gasteiger partial charge in [-0.2, -0.15) is 0 Å². The number of aliphatic hydroxyl groups excluding tert-OH is 1. The minimum atomic E-state index is -1.49. The first-order chi connectivity index (χ1) is 14.6. The first-order valence-electron chi connectivity index (χ1n) is 10.1. The van der Waals surface area contributed by atoms with Gasteiger partial charge in [-0.1, -0.05) is 50.6 Å². The zero-order valence-corrected chi connectivity index (χ0v) is 18.0. The maximum atomic E-state index is 12.6. The third-order valence-electron chi connectivity index (χ3n) is 4.92. The molecule has 172 valence electrons. The number of rotatable bonds is 12. The zero-order chi connectivity index (χ0) is 23.6. The number of carboxylic acids is 1. The van der Waals surface area contributed by atoms with Crippen molar-refractivity contribution in [2.75, 3.05) is 6.54 Å². The maximum absolute atomic E-state index is 12.6. The second-order valence-electron chi connectivity index (χ2n) is 7.51. The van der Waals surface area contributed by atoms with Crippen LogP contribution in [0.25, 0.3) is 0 Å². The molecule has 5 unspecified atom stereocenters. The van der Waals surface area contributed by atoms with E-state index in [1.807, 2.05) is 37.3 Å². The molecular formula is C21H32N4O6. The number of aliphatic carboxylic acids is 1. The Morgan fingerprint density at radius 1 is 1.00 bits per heavy atom. The van der Waals surface area contributed by atoms with Gasteiger partial charge in [0.1, 0.15) is 6.04 Å². The molecule has 0 aromatic heterocycles. The summed E-state index contributed by atoms with van der Waals surface area (Å²) in [6.07, 6.45) is -0.419. The number of nitrogens with two attached hydrogens (primary N) is 1. The van der Waals surface area contributed by atoms with E-state index < -0.39 is 54.5 Å². The molecule has 0 heterocycles. The van der Waals surface area contributed by atoms with Gasteiger partial charge in [-0.05, 0) is 24.8 Å². The zero-order valence-electron chi connectivity index (χ0n) is 18.0. The molecule has 10 nitrogen and oxygen atoms in total.